The first-order valence-corrected chi connectivity index (χ1v) is 10.9. The van der Waals surface area contributed by atoms with Gasteiger partial charge in [0.1, 0.15) is 12.6 Å². The van der Waals surface area contributed by atoms with Crippen molar-refractivity contribution in [3.63, 3.8) is 0 Å². The van der Waals surface area contributed by atoms with Gasteiger partial charge in [-0.05, 0) is 23.6 Å². The maximum Gasteiger partial charge on any atom is 0.324 e. The van der Waals surface area contributed by atoms with E-state index >= 15 is 0 Å². The summed E-state index contributed by atoms with van der Waals surface area (Å²) in [6.07, 6.45) is 0.0221. The van der Waals surface area contributed by atoms with Crippen molar-refractivity contribution < 1.29 is 22.9 Å². The Labute approximate surface area is 179 Å². The summed E-state index contributed by atoms with van der Waals surface area (Å²) < 4.78 is 33.4. The van der Waals surface area contributed by atoms with E-state index in [0.717, 1.165) is 17.7 Å². The molecule has 0 saturated carbocycles. The number of nitrogens with one attached hydrogen (secondary N) is 1. The molecule has 0 heterocycles. The molecule has 9 heteroatoms. The third-order valence-corrected chi connectivity index (χ3v) is 5.96. The molecule has 0 radical (unpaired) electrons. The number of ether oxygens (including phenoxy) is 1. The van der Waals surface area contributed by atoms with Crippen molar-refractivity contribution in [2.24, 2.45) is 0 Å². The molecule has 0 fully saturated rings. The van der Waals surface area contributed by atoms with E-state index in [1.165, 1.54) is 12.1 Å². The minimum atomic E-state index is -4.38. The average molecular weight is 440 g/mol. The van der Waals surface area contributed by atoms with Crippen LogP contribution in [0.15, 0.2) is 89.8 Å². The van der Waals surface area contributed by atoms with Crippen LogP contribution in [0.5, 0.6) is 0 Å². The predicted octanol–water partition coefficient (Wildman–Crippen LogP) is 3.23. The monoisotopic (exact) mass is 440 g/mol. The molecule has 0 spiro atoms. The van der Waals surface area contributed by atoms with Crippen molar-refractivity contribution in [3.05, 3.63) is 106 Å². The van der Waals surface area contributed by atoms with Crippen molar-refractivity contribution >= 4 is 21.7 Å². The van der Waals surface area contributed by atoms with Gasteiger partial charge in [0, 0.05) is 6.07 Å². The van der Waals surface area contributed by atoms with Gasteiger partial charge in [-0.1, -0.05) is 72.8 Å². The Morgan fingerprint density at radius 1 is 0.903 bits per heavy atom. The molecular weight excluding hydrogens is 420 g/mol. The van der Waals surface area contributed by atoms with Gasteiger partial charge >= 0.3 is 5.97 Å². The summed E-state index contributed by atoms with van der Waals surface area (Å²) >= 11 is 0. The summed E-state index contributed by atoms with van der Waals surface area (Å²) in [5, 5.41) is 11.3. The lowest BCUT2D eigenvalue weighted by molar-refractivity contribution is -0.387. The number of benzene rings is 3. The van der Waals surface area contributed by atoms with E-state index in [2.05, 4.69) is 4.72 Å². The minimum Gasteiger partial charge on any atom is -0.460 e. The highest BCUT2D eigenvalue weighted by molar-refractivity contribution is 7.89. The van der Waals surface area contributed by atoms with Crippen LogP contribution < -0.4 is 4.72 Å². The fourth-order valence-corrected chi connectivity index (χ4v) is 4.29. The van der Waals surface area contributed by atoms with Crippen LogP contribution in [-0.4, -0.2) is 25.4 Å². The molecule has 0 saturated heterocycles. The Morgan fingerprint density at radius 3 is 2.06 bits per heavy atom. The lowest BCUT2D eigenvalue weighted by Gasteiger charge is -2.18. The smallest absolute Gasteiger partial charge is 0.324 e. The maximum absolute atomic E-state index is 12.9. The van der Waals surface area contributed by atoms with E-state index in [-0.39, 0.29) is 13.0 Å². The van der Waals surface area contributed by atoms with E-state index in [1.807, 2.05) is 6.07 Å². The third-order valence-electron chi connectivity index (χ3n) is 4.44. The largest absolute Gasteiger partial charge is 0.460 e. The Morgan fingerprint density at radius 2 is 1.45 bits per heavy atom. The molecule has 8 nitrogen and oxygen atoms in total. The van der Waals surface area contributed by atoms with Crippen LogP contribution in [0.3, 0.4) is 0 Å². The predicted molar refractivity (Wildman–Crippen MR) is 114 cm³/mol. The molecule has 31 heavy (non-hydrogen) atoms. The van der Waals surface area contributed by atoms with Gasteiger partial charge < -0.3 is 4.74 Å². The molecule has 1 N–H and O–H groups in total. The highest BCUT2D eigenvalue weighted by Crippen LogP contribution is 2.23. The van der Waals surface area contributed by atoms with Crippen molar-refractivity contribution in [1.29, 1.82) is 0 Å². The molecule has 0 aromatic heterocycles. The molecule has 1 atom stereocenters. The van der Waals surface area contributed by atoms with Gasteiger partial charge in [0.2, 0.25) is 10.0 Å². The fourth-order valence-electron chi connectivity index (χ4n) is 2.94. The molecule has 0 aliphatic heterocycles. The Balaban J connectivity index is 1.85. The molecule has 3 aromatic rings. The Kier molecular flexibility index (Phi) is 7.11. The minimum absolute atomic E-state index is 0.0221. The average Bonchev–Trinajstić information content (AvgIpc) is 2.78. The quantitative estimate of drug-likeness (QED) is 0.310. The number of hydrogen-bond donors (Lipinski definition) is 1. The van der Waals surface area contributed by atoms with E-state index in [0.29, 0.717) is 5.56 Å². The zero-order valence-electron chi connectivity index (χ0n) is 16.4. The van der Waals surface area contributed by atoms with Crippen LogP contribution in [0, 0.1) is 10.1 Å². The molecule has 3 aromatic carbocycles. The van der Waals surface area contributed by atoms with Crippen LogP contribution in [0.2, 0.25) is 0 Å². The van der Waals surface area contributed by atoms with Crippen LogP contribution >= 0.6 is 0 Å². The van der Waals surface area contributed by atoms with E-state index in [9.17, 15) is 23.3 Å². The second-order valence-electron chi connectivity index (χ2n) is 6.68. The fraction of sp³-hybridized carbons (Fsp3) is 0.136. The lowest BCUT2D eigenvalue weighted by Crippen LogP contribution is -2.43. The second kappa shape index (κ2) is 9.96. The molecule has 0 aliphatic carbocycles. The zero-order valence-corrected chi connectivity index (χ0v) is 17.2. The first-order valence-electron chi connectivity index (χ1n) is 9.37. The number of para-hydroxylation sites is 1. The summed E-state index contributed by atoms with van der Waals surface area (Å²) in [6, 6.07) is 21.5. The van der Waals surface area contributed by atoms with E-state index < -0.39 is 37.5 Å². The normalized spacial score (nSPS) is 12.1. The molecule has 3 rings (SSSR count). The summed E-state index contributed by atoms with van der Waals surface area (Å²) in [6.45, 7) is -0.0296. The number of carbonyl (C=O) groups is 1. The maximum atomic E-state index is 12.9. The van der Waals surface area contributed by atoms with Crippen molar-refractivity contribution in [2.75, 3.05) is 0 Å². The van der Waals surface area contributed by atoms with Crippen molar-refractivity contribution in [1.82, 2.24) is 4.72 Å². The number of sulfonamides is 1. The number of nitrogens with zero attached hydrogens (tertiary/aromatic N) is 1. The highest BCUT2D eigenvalue weighted by Gasteiger charge is 2.31. The lowest BCUT2D eigenvalue weighted by atomic mass is 10.1. The number of nitro groups is 1. The van der Waals surface area contributed by atoms with Gasteiger partial charge in [-0.3, -0.25) is 14.9 Å². The summed E-state index contributed by atoms with van der Waals surface area (Å²) in [5.41, 5.74) is 0.872. The van der Waals surface area contributed by atoms with Gasteiger partial charge in [-0.15, -0.1) is 0 Å². The number of esters is 1. The van der Waals surface area contributed by atoms with Crippen LogP contribution in [0.1, 0.15) is 11.1 Å². The highest BCUT2D eigenvalue weighted by atomic mass is 32.2. The second-order valence-corrected chi connectivity index (χ2v) is 8.36. The van der Waals surface area contributed by atoms with Gasteiger partial charge in [0.15, 0.2) is 4.90 Å². The van der Waals surface area contributed by atoms with Gasteiger partial charge in [-0.2, -0.15) is 4.72 Å². The number of rotatable bonds is 9. The van der Waals surface area contributed by atoms with E-state index in [4.69, 9.17) is 4.74 Å². The van der Waals surface area contributed by atoms with Crippen LogP contribution in [0.4, 0.5) is 5.69 Å². The van der Waals surface area contributed by atoms with E-state index in [1.54, 1.807) is 54.6 Å². The molecule has 0 amide bonds. The Bertz CT molecular complexity index is 1150. The van der Waals surface area contributed by atoms with Crippen LogP contribution in [0.25, 0.3) is 0 Å². The molecule has 160 valence electrons. The third kappa shape index (κ3) is 5.97. The standard InChI is InChI=1S/C22H20N2O6S/c25-22(30-16-18-11-5-2-6-12-18)19(15-17-9-3-1-4-10-17)23-31(28,29)21-14-8-7-13-20(21)24(26)27/h1-14,19,23H,15-16H2/t19-/m0/s1. The molecular formula is C22H20N2O6S. The van der Waals surface area contributed by atoms with Gasteiger partial charge in [0.25, 0.3) is 5.69 Å². The summed E-state index contributed by atoms with van der Waals surface area (Å²) in [7, 11) is -4.38. The molecule has 0 aliphatic rings. The van der Waals surface area contributed by atoms with Gasteiger partial charge in [0.05, 0.1) is 4.92 Å². The number of nitro benzene ring substituents is 1. The topological polar surface area (TPSA) is 116 Å². The Hall–Kier alpha value is -3.56. The molecule has 0 bridgehead atoms. The van der Waals surface area contributed by atoms with Crippen molar-refractivity contribution in [3.8, 4) is 0 Å². The molecule has 0 unspecified atom stereocenters. The van der Waals surface area contributed by atoms with Crippen LogP contribution in [-0.2, 0) is 32.6 Å². The first kappa shape index (κ1) is 22.1. The number of hydrogen-bond acceptors (Lipinski definition) is 6. The summed E-state index contributed by atoms with van der Waals surface area (Å²) in [4.78, 5) is 22.7. The van der Waals surface area contributed by atoms with Gasteiger partial charge in [-0.25, -0.2) is 8.42 Å². The zero-order chi connectivity index (χ0) is 22.3. The number of carbonyl (C=O) groups excluding carboxylic acids is 1. The summed E-state index contributed by atoms with van der Waals surface area (Å²) in [5.74, 6) is -0.783. The SMILES string of the molecule is O=C(OCc1ccccc1)[C@H](Cc1ccccc1)NS(=O)(=O)c1ccccc1[N+](=O)[O-]. The first-order chi connectivity index (χ1) is 14.9. The van der Waals surface area contributed by atoms with Crippen molar-refractivity contribution in [2.45, 2.75) is 24.0 Å².